The molecule has 0 aliphatic carbocycles. The number of benzene rings is 3. The van der Waals surface area contributed by atoms with Crippen molar-refractivity contribution in [2.75, 3.05) is 0 Å². The number of hydrogen-bond donors (Lipinski definition) is 2. The lowest BCUT2D eigenvalue weighted by atomic mass is 9.68. The number of carboxylic acid groups (broad SMARTS) is 1. The van der Waals surface area contributed by atoms with Crippen molar-refractivity contribution in [3.63, 3.8) is 0 Å². The number of nitrogens with one attached hydrogen (secondary N) is 1. The van der Waals surface area contributed by atoms with Gasteiger partial charge in [-0.15, -0.1) is 0 Å². The number of amides is 1. The van der Waals surface area contributed by atoms with Crippen molar-refractivity contribution in [3.05, 3.63) is 119 Å². The molecule has 0 aliphatic rings. The Labute approximate surface area is 184 Å². The summed E-state index contributed by atoms with van der Waals surface area (Å²) >= 11 is 3.21. The zero-order chi connectivity index (χ0) is 21.6. The van der Waals surface area contributed by atoms with Crippen molar-refractivity contribution in [2.45, 2.75) is 17.9 Å². The number of rotatable bonds is 8. The average molecular weight is 464 g/mol. The lowest BCUT2D eigenvalue weighted by molar-refractivity contribution is -0.142. The predicted octanol–water partition coefficient (Wildman–Crippen LogP) is 4.89. The van der Waals surface area contributed by atoms with Crippen molar-refractivity contribution in [1.29, 1.82) is 0 Å². The van der Waals surface area contributed by atoms with E-state index in [2.05, 4.69) is 27.8 Å². The zero-order valence-corrected chi connectivity index (χ0v) is 17.9. The van der Waals surface area contributed by atoms with Crippen LogP contribution in [-0.4, -0.2) is 23.0 Å². The Balaban J connectivity index is 2.24. The zero-order valence-electron chi connectivity index (χ0n) is 16.3. The summed E-state index contributed by atoms with van der Waals surface area (Å²) in [5.41, 5.74) is 1.04. The van der Waals surface area contributed by atoms with Crippen LogP contribution in [0.4, 0.5) is 0 Å². The number of carbonyl (C=O) groups excluding carboxylic acids is 1. The summed E-state index contributed by atoms with van der Waals surface area (Å²) in [5, 5.41) is 12.4. The monoisotopic (exact) mass is 463 g/mol. The van der Waals surface area contributed by atoms with Crippen LogP contribution in [0.25, 0.3) is 0 Å². The van der Waals surface area contributed by atoms with Gasteiger partial charge in [0, 0.05) is 6.42 Å². The van der Waals surface area contributed by atoms with Crippen molar-refractivity contribution in [3.8, 4) is 0 Å². The molecule has 0 aliphatic heterocycles. The number of carbonyl (C=O) groups is 2. The molecule has 1 amide bonds. The van der Waals surface area contributed by atoms with E-state index in [-0.39, 0.29) is 6.42 Å². The van der Waals surface area contributed by atoms with Gasteiger partial charge >= 0.3 is 5.97 Å². The molecule has 0 radical (unpaired) electrons. The second-order valence-electron chi connectivity index (χ2n) is 6.93. The van der Waals surface area contributed by atoms with Gasteiger partial charge in [0.15, 0.2) is 0 Å². The van der Waals surface area contributed by atoms with E-state index in [4.69, 9.17) is 0 Å². The highest BCUT2D eigenvalue weighted by molar-refractivity contribution is 9.11. The van der Waals surface area contributed by atoms with Gasteiger partial charge in [-0.1, -0.05) is 114 Å². The van der Waals surface area contributed by atoms with Gasteiger partial charge in [0.1, 0.15) is 11.5 Å². The molecule has 4 nitrogen and oxygen atoms in total. The molecule has 5 heteroatoms. The topological polar surface area (TPSA) is 66.4 Å². The molecule has 0 heterocycles. The Morgan fingerprint density at radius 3 is 1.50 bits per heavy atom. The van der Waals surface area contributed by atoms with Gasteiger partial charge in [-0.05, 0) is 21.2 Å². The molecule has 3 aromatic carbocycles. The Morgan fingerprint density at radius 2 is 1.20 bits per heavy atom. The highest BCUT2D eigenvalue weighted by Gasteiger charge is 2.44. The molecule has 0 spiro atoms. The number of aliphatic carboxylic acids is 1. The lowest BCUT2D eigenvalue weighted by Crippen LogP contribution is -2.52. The maximum absolute atomic E-state index is 13.9. The number of hydrogen-bond acceptors (Lipinski definition) is 2. The highest BCUT2D eigenvalue weighted by atomic mass is 79.9. The third-order valence-corrected chi connectivity index (χ3v) is 5.31. The van der Waals surface area contributed by atoms with E-state index in [1.807, 2.05) is 91.0 Å². The summed E-state index contributed by atoms with van der Waals surface area (Å²) in [4.78, 5) is 25.8. The standard InChI is InChI=1S/C25H22BrNO3/c1-18(26)17-22(23(28)29)27-24(30)25(19-11-5-2-6-12-19,20-13-7-3-8-14-20)21-15-9-4-10-16-21/h2-16,22H,1,17H2,(H,27,30)(H,28,29)/t22-/m1/s1. The van der Waals surface area contributed by atoms with E-state index in [0.717, 1.165) is 16.7 Å². The molecule has 3 aromatic rings. The van der Waals surface area contributed by atoms with E-state index in [0.29, 0.717) is 4.48 Å². The summed E-state index contributed by atoms with van der Waals surface area (Å²) < 4.78 is 0.500. The third kappa shape index (κ3) is 4.36. The van der Waals surface area contributed by atoms with E-state index in [1.54, 1.807) is 0 Å². The van der Waals surface area contributed by atoms with E-state index in [1.165, 1.54) is 0 Å². The molecule has 152 valence electrons. The molecule has 0 unspecified atom stereocenters. The quantitative estimate of drug-likeness (QED) is 0.467. The van der Waals surface area contributed by atoms with Crippen LogP contribution in [0, 0.1) is 0 Å². The summed E-state index contributed by atoms with van der Waals surface area (Å²) in [6.07, 6.45) is 0.0789. The Morgan fingerprint density at radius 1 is 0.833 bits per heavy atom. The first-order valence-electron chi connectivity index (χ1n) is 9.50. The van der Waals surface area contributed by atoms with Crippen LogP contribution in [0.3, 0.4) is 0 Å². The molecule has 30 heavy (non-hydrogen) atoms. The minimum Gasteiger partial charge on any atom is -0.480 e. The normalized spacial score (nSPS) is 12.0. The van der Waals surface area contributed by atoms with Crippen molar-refractivity contribution in [1.82, 2.24) is 5.32 Å². The molecular weight excluding hydrogens is 442 g/mol. The summed E-state index contributed by atoms with van der Waals surface area (Å²) in [5.74, 6) is -1.53. The summed E-state index contributed by atoms with van der Waals surface area (Å²) in [7, 11) is 0. The first-order valence-corrected chi connectivity index (χ1v) is 10.3. The van der Waals surface area contributed by atoms with Crippen molar-refractivity contribution in [2.24, 2.45) is 0 Å². The van der Waals surface area contributed by atoms with Gasteiger partial charge in [0.05, 0.1) is 0 Å². The third-order valence-electron chi connectivity index (χ3n) is 4.99. The van der Waals surface area contributed by atoms with E-state index in [9.17, 15) is 14.7 Å². The smallest absolute Gasteiger partial charge is 0.326 e. The molecule has 0 saturated heterocycles. The van der Waals surface area contributed by atoms with Gasteiger partial charge in [0.25, 0.3) is 0 Å². The van der Waals surface area contributed by atoms with E-state index >= 15 is 0 Å². The van der Waals surface area contributed by atoms with Crippen LogP contribution in [-0.2, 0) is 15.0 Å². The Hall–Kier alpha value is -3.18. The number of halogens is 1. The molecule has 0 fully saturated rings. The first-order chi connectivity index (χ1) is 14.5. The van der Waals surface area contributed by atoms with Crippen LogP contribution >= 0.6 is 15.9 Å². The van der Waals surface area contributed by atoms with Crippen LogP contribution in [0.5, 0.6) is 0 Å². The Kier molecular flexibility index (Phi) is 6.85. The van der Waals surface area contributed by atoms with Gasteiger partial charge in [-0.3, -0.25) is 4.79 Å². The van der Waals surface area contributed by atoms with Crippen LogP contribution in [0.2, 0.25) is 0 Å². The predicted molar refractivity (Wildman–Crippen MR) is 121 cm³/mol. The molecule has 0 aromatic heterocycles. The Bertz CT molecular complexity index is 923. The lowest BCUT2D eigenvalue weighted by Gasteiger charge is -2.35. The van der Waals surface area contributed by atoms with Crippen LogP contribution < -0.4 is 5.32 Å². The molecular formula is C25H22BrNO3. The van der Waals surface area contributed by atoms with Crippen LogP contribution in [0.1, 0.15) is 23.1 Å². The van der Waals surface area contributed by atoms with E-state index < -0.39 is 23.3 Å². The molecule has 1 atom stereocenters. The van der Waals surface area contributed by atoms with Crippen LogP contribution in [0.15, 0.2) is 102 Å². The fourth-order valence-corrected chi connectivity index (χ4v) is 3.97. The molecule has 0 bridgehead atoms. The van der Waals surface area contributed by atoms with Gasteiger partial charge in [0.2, 0.25) is 5.91 Å². The SMILES string of the molecule is C=C(Br)C[C@@H](NC(=O)C(c1ccccc1)(c1ccccc1)c1ccccc1)C(=O)O. The van der Waals surface area contributed by atoms with Gasteiger partial charge in [-0.25, -0.2) is 4.79 Å². The fraction of sp³-hybridized carbons (Fsp3) is 0.120. The second kappa shape index (κ2) is 9.55. The molecule has 2 N–H and O–H groups in total. The molecule has 0 saturated carbocycles. The highest BCUT2D eigenvalue weighted by Crippen LogP contribution is 2.39. The maximum Gasteiger partial charge on any atom is 0.326 e. The second-order valence-corrected chi connectivity index (χ2v) is 8.06. The number of carboxylic acids is 1. The van der Waals surface area contributed by atoms with Crippen molar-refractivity contribution >= 4 is 27.8 Å². The minimum absolute atomic E-state index is 0.0789. The maximum atomic E-state index is 13.9. The van der Waals surface area contributed by atoms with Gasteiger partial charge in [-0.2, -0.15) is 0 Å². The average Bonchev–Trinajstić information content (AvgIpc) is 2.76. The first kappa shape index (κ1) is 21.5. The van der Waals surface area contributed by atoms with Gasteiger partial charge < -0.3 is 10.4 Å². The summed E-state index contributed by atoms with van der Waals surface area (Å²) in [6, 6.07) is 27.1. The molecule has 3 rings (SSSR count). The fourth-order valence-electron chi connectivity index (χ4n) is 3.65. The minimum atomic E-state index is -1.22. The van der Waals surface area contributed by atoms with Crippen molar-refractivity contribution < 1.29 is 14.7 Å². The summed E-state index contributed by atoms with van der Waals surface area (Å²) in [6.45, 7) is 3.72. The largest absolute Gasteiger partial charge is 0.480 e.